The first-order chi connectivity index (χ1) is 10.2. The maximum absolute atomic E-state index is 12.2. The van der Waals surface area contributed by atoms with E-state index in [0.717, 1.165) is 5.56 Å². The molecular formula is C18H25NO3. The molecular weight excluding hydrogens is 278 g/mol. The lowest BCUT2D eigenvalue weighted by Gasteiger charge is -2.39. The average Bonchev–Trinajstić information content (AvgIpc) is 2.46. The minimum absolute atomic E-state index is 0.143. The summed E-state index contributed by atoms with van der Waals surface area (Å²) in [5, 5.41) is 13.1. The fraction of sp³-hybridized carbons (Fsp3) is 0.556. The maximum Gasteiger partial charge on any atom is 0.151 e. The van der Waals surface area contributed by atoms with Crippen LogP contribution in [0.5, 0.6) is 5.75 Å². The van der Waals surface area contributed by atoms with Gasteiger partial charge in [0.1, 0.15) is 11.5 Å². The lowest BCUT2D eigenvalue weighted by atomic mass is 9.75. The van der Waals surface area contributed by atoms with E-state index in [1.165, 1.54) is 0 Å². The summed E-state index contributed by atoms with van der Waals surface area (Å²) < 4.78 is 0. The van der Waals surface area contributed by atoms with Crippen LogP contribution < -0.4 is 5.32 Å². The van der Waals surface area contributed by atoms with Crippen molar-refractivity contribution >= 4 is 11.6 Å². The molecule has 1 fully saturated rings. The van der Waals surface area contributed by atoms with Gasteiger partial charge in [0.25, 0.3) is 0 Å². The summed E-state index contributed by atoms with van der Waals surface area (Å²) in [5.74, 6) is 0.612. The summed E-state index contributed by atoms with van der Waals surface area (Å²) in [5.41, 5.74) is 0.145. The van der Waals surface area contributed by atoms with Crippen LogP contribution in [-0.2, 0) is 15.1 Å². The zero-order valence-corrected chi connectivity index (χ0v) is 13.6. The normalized spacial score (nSPS) is 18.2. The Morgan fingerprint density at radius 1 is 1.27 bits per heavy atom. The minimum atomic E-state index is -0.409. The van der Waals surface area contributed by atoms with Crippen LogP contribution >= 0.6 is 0 Å². The highest BCUT2D eigenvalue weighted by molar-refractivity contribution is 5.85. The number of carbonyl (C=O) groups is 2. The van der Waals surface area contributed by atoms with Gasteiger partial charge in [0.2, 0.25) is 0 Å². The number of Topliss-reactive ketones (excluding diaryl/α,β-unsaturated/α-hetero) is 2. The molecule has 2 rings (SSSR count). The van der Waals surface area contributed by atoms with Crippen molar-refractivity contribution in [3.05, 3.63) is 29.8 Å². The first-order valence-electron chi connectivity index (χ1n) is 7.82. The Morgan fingerprint density at radius 2 is 1.91 bits per heavy atom. The van der Waals surface area contributed by atoms with Gasteiger partial charge in [-0.3, -0.25) is 9.59 Å². The summed E-state index contributed by atoms with van der Waals surface area (Å²) in [6.07, 6.45) is 2.33. The number of aromatic hydroxyl groups is 1. The molecule has 22 heavy (non-hydrogen) atoms. The van der Waals surface area contributed by atoms with E-state index >= 15 is 0 Å². The van der Waals surface area contributed by atoms with Gasteiger partial charge in [-0.25, -0.2) is 0 Å². The van der Waals surface area contributed by atoms with E-state index < -0.39 is 11.0 Å². The van der Waals surface area contributed by atoms with Crippen LogP contribution in [0.25, 0.3) is 0 Å². The molecule has 1 aromatic carbocycles. The highest BCUT2D eigenvalue weighted by Gasteiger charge is 2.37. The van der Waals surface area contributed by atoms with Gasteiger partial charge in [-0.05, 0) is 30.5 Å². The van der Waals surface area contributed by atoms with Gasteiger partial charge in [-0.15, -0.1) is 0 Å². The predicted molar refractivity (Wildman–Crippen MR) is 85.7 cm³/mol. The Kier molecular flexibility index (Phi) is 4.71. The summed E-state index contributed by atoms with van der Waals surface area (Å²) in [4.78, 5) is 23.8. The quantitative estimate of drug-likeness (QED) is 0.897. The Balaban J connectivity index is 2.23. The summed E-state index contributed by atoms with van der Waals surface area (Å²) in [6, 6.07) is 7.11. The van der Waals surface area contributed by atoms with E-state index in [1.54, 1.807) is 18.2 Å². The third-order valence-electron chi connectivity index (χ3n) is 4.48. The molecule has 120 valence electrons. The van der Waals surface area contributed by atoms with Gasteiger partial charge in [0, 0.05) is 23.8 Å². The Morgan fingerprint density at radius 3 is 2.45 bits per heavy atom. The molecule has 4 nitrogen and oxygen atoms in total. The number of hydrogen-bond acceptors (Lipinski definition) is 4. The molecule has 0 heterocycles. The maximum atomic E-state index is 12.2. The number of rotatable bonds is 4. The molecule has 2 N–H and O–H groups in total. The smallest absolute Gasteiger partial charge is 0.151 e. The van der Waals surface area contributed by atoms with Crippen LogP contribution in [0.3, 0.4) is 0 Å². The molecule has 4 heteroatoms. The molecule has 0 radical (unpaired) electrons. The fourth-order valence-corrected chi connectivity index (χ4v) is 2.84. The van der Waals surface area contributed by atoms with E-state index in [0.29, 0.717) is 25.7 Å². The predicted octanol–water partition coefficient (Wildman–Crippen LogP) is 2.94. The Labute approximate surface area is 131 Å². The lowest BCUT2D eigenvalue weighted by molar-refractivity contribution is -0.126. The van der Waals surface area contributed by atoms with Gasteiger partial charge in [-0.1, -0.05) is 32.9 Å². The second kappa shape index (κ2) is 6.21. The third kappa shape index (κ3) is 3.74. The number of phenolic OH excluding ortho intramolecular Hbond substituents is 1. The van der Waals surface area contributed by atoms with Crippen molar-refractivity contribution in [1.29, 1.82) is 0 Å². The standard InChI is InChI=1S/C18H25NO3/c1-17(2,3)16(22)12-19-18(9-7-14(20)8-10-18)13-5-4-6-15(21)11-13/h4-6,11,19,21H,7-10,12H2,1-3H3. The van der Waals surface area contributed by atoms with Gasteiger partial charge in [0.05, 0.1) is 6.54 Å². The molecule has 1 aliphatic carbocycles. The van der Waals surface area contributed by atoms with Crippen molar-refractivity contribution in [3.63, 3.8) is 0 Å². The number of benzene rings is 1. The SMILES string of the molecule is CC(C)(C)C(=O)CNC1(c2cccc(O)c2)CCC(=O)CC1. The van der Waals surface area contributed by atoms with Gasteiger partial charge in [-0.2, -0.15) is 0 Å². The van der Waals surface area contributed by atoms with E-state index in [9.17, 15) is 14.7 Å². The molecule has 1 saturated carbocycles. The number of phenols is 1. The van der Waals surface area contributed by atoms with Crippen LogP contribution in [0.15, 0.2) is 24.3 Å². The molecule has 0 spiro atoms. The van der Waals surface area contributed by atoms with Crippen LogP contribution in [0, 0.1) is 5.41 Å². The second-order valence-corrected chi connectivity index (χ2v) is 7.20. The van der Waals surface area contributed by atoms with Crippen LogP contribution in [0.4, 0.5) is 0 Å². The van der Waals surface area contributed by atoms with Crippen LogP contribution in [-0.4, -0.2) is 23.2 Å². The van der Waals surface area contributed by atoms with Crippen molar-refractivity contribution in [2.75, 3.05) is 6.54 Å². The topological polar surface area (TPSA) is 66.4 Å². The zero-order valence-electron chi connectivity index (χ0n) is 13.6. The molecule has 0 bridgehead atoms. The fourth-order valence-electron chi connectivity index (χ4n) is 2.84. The largest absolute Gasteiger partial charge is 0.508 e. The average molecular weight is 303 g/mol. The van der Waals surface area contributed by atoms with Crippen molar-refractivity contribution in [3.8, 4) is 5.75 Å². The van der Waals surface area contributed by atoms with Crippen LogP contribution in [0.2, 0.25) is 0 Å². The van der Waals surface area contributed by atoms with Gasteiger partial charge >= 0.3 is 0 Å². The summed E-state index contributed by atoms with van der Waals surface area (Å²) in [6.45, 7) is 5.99. The van der Waals surface area contributed by atoms with Crippen molar-refractivity contribution in [2.45, 2.75) is 52.0 Å². The van der Waals surface area contributed by atoms with E-state index in [2.05, 4.69) is 5.32 Å². The van der Waals surface area contributed by atoms with E-state index in [-0.39, 0.29) is 23.9 Å². The number of carbonyl (C=O) groups excluding carboxylic acids is 2. The number of nitrogens with one attached hydrogen (secondary N) is 1. The molecule has 1 aromatic rings. The second-order valence-electron chi connectivity index (χ2n) is 7.20. The van der Waals surface area contributed by atoms with Gasteiger partial charge in [0.15, 0.2) is 5.78 Å². The van der Waals surface area contributed by atoms with E-state index in [1.807, 2.05) is 26.8 Å². The van der Waals surface area contributed by atoms with Crippen LogP contribution in [0.1, 0.15) is 52.0 Å². The van der Waals surface area contributed by atoms with Crippen molar-refractivity contribution in [1.82, 2.24) is 5.32 Å². The third-order valence-corrected chi connectivity index (χ3v) is 4.48. The highest BCUT2D eigenvalue weighted by atomic mass is 16.3. The summed E-state index contributed by atoms with van der Waals surface area (Å²) in [7, 11) is 0. The first-order valence-corrected chi connectivity index (χ1v) is 7.82. The lowest BCUT2D eigenvalue weighted by Crippen LogP contribution is -2.48. The summed E-state index contributed by atoms with van der Waals surface area (Å²) >= 11 is 0. The molecule has 0 aromatic heterocycles. The number of hydrogen-bond donors (Lipinski definition) is 2. The molecule has 0 aliphatic heterocycles. The monoisotopic (exact) mass is 303 g/mol. The molecule has 0 atom stereocenters. The van der Waals surface area contributed by atoms with Gasteiger partial charge < -0.3 is 10.4 Å². The van der Waals surface area contributed by atoms with Crippen molar-refractivity contribution < 1.29 is 14.7 Å². The van der Waals surface area contributed by atoms with Crippen molar-refractivity contribution in [2.24, 2.45) is 5.41 Å². The zero-order chi connectivity index (χ0) is 16.4. The molecule has 0 saturated heterocycles. The minimum Gasteiger partial charge on any atom is -0.508 e. The molecule has 1 aliphatic rings. The Bertz CT molecular complexity index is 562. The highest BCUT2D eigenvalue weighted by Crippen LogP contribution is 2.37. The van der Waals surface area contributed by atoms with E-state index in [4.69, 9.17) is 0 Å². The Hall–Kier alpha value is -1.68. The first kappa shape index (κ1) is 16.7. The molecule has 0 unspecified atom stereocenters. The molecule has 0 amide bonds. The number of ketones is 2.